The first-order chi connectivity index (χ1) is 9.45. The quantitative estimate of drug-likeness (QED) is 0.919. The van der Waals surface area contributed by atoms with Crippen LogP contribution in [0.4, 0.5) is 5.82 Å². The van der Waals surface area contributed by atoms with E-state index in [1.807, 2.05) is 26.8 Å². The molecule has 0 aliphatic carbocycles. The summed E-state index contributed by atoms with van der Waals surface area (Å²) in [6.45, 7) is 9.99. The van der Waals surface area contributed by atoms with E-state index in [0.29, 0.717) is 17.4 Å². The third-order valence-electron chi connectivity index (χ3n) is 3.46. The maximum absolute atomic E-state index is 12.1. The lowest BCUT2D eigenvalue weighted by molar-refractivity contribution is 0.0937. The molecule has 1 unspecified atom stereocenters. The van der Waals surface area contributed by atoms with Gasteiger partial charge in [-0.2, -0.15) is 0 Å². The minimum Gasteiger partial charge on any atom is -0.356 e. The van der Waals surface area contributed by atoms with Gasteiger partial charge < -0.3 is 10.2 Å². The van der Waals surface area contributed by atoms with Crippen molar-refractivity contribution in [1.29, 1.82) is 0 Å². The molecule has 2 rings (SSSR count). The summed E-state index contributed by atoms with van der Waals surface area (Å²) in [4.78, 5) is 23.1. The molecule has 0 aromatic carbocycles. The molecule has 1 N–H and O–H groups in total. The Labute approximate surface area is 120 Å². The highest BCUT2D eigenvalue weighted by Gasteiger charge is 2.20. The molecule has 1 aromatic heterocycles. The van der Waals surface area contributed by atoms with Crippen LogP contribution in [0.15, 0.2) is 6.07 Å². The van der Waals surface area contributed by atoms with Gasteiger partial charge in [0.25, 0.3) is 5.91 Å². The zero-order chi connectivity index (χ0) is 14.7. The summed E-state index contributed by atoms with van der Waals surface area (Å²) in [5.74, 6) is 2.07. The monoisotopic (exact) mass is 276 g/mol. The summed E-state index contributed by atoms with van der Waals surface area (Å²) in [5, 5.41) is 2.88. The molecule has 1 aliphatic rings. The lowest BCUT2D eigenvalue weighted by Crippen LogP contribution is -2.36. The molecule has 1 aliphatic heterocycles. The Bertz CT molecular complexity index is 487. The Morgan fingerprint density at radius 3 is 2.85 bits per heavy atom. The molecular weight excluding hydrogens is 252 g/mol. The smallest absolute Gasteiger partial charge is 0.270 e. The van der Waals surface area contributed by atoms with Crippen molar-refractivity contribution in [2.45, 2.75) is 46.6 Å². The Morgan fingerprint density at radius 1 is 1.45 bits per heavy atom. The van der Waals surface area contributed by atoms with Crippen molar-refractivity contribution >= 4 is 11.7 Å². The van der Waals surface area contributed by atoms with Crippen LogP contribution in [-0.4, -0.2) is 35.0 Å². The number of nitrogens with one attached hydrogen (secondary N) is 1. The van der Waals surface area contributed by atoms with E-state index in [4.69, 9.17) is 0 Å². The van der Waals surface area contributed by atoms with Crippen molar-refractivity contribution < 1.29 is 4.79 Å². The highest BCUT2D eigenvalue weighted by molar-refractivity contribution is 5.93. The van der Waals surface area contributed by atoms with Crippen LogP contribution >= 0.6 is 0 Å². The fourth-order valence-electron chi connectivity index (χ4n) is 2.56. The van der Waals surface area contributed by atoms with E-state index < -0.39 is 0 Å². The van der Waals surface area contributed by atoms with Crippen molar-refractivity contribution in [3.8, 4) is 0 Å². The number of hydrogen-bond donors (Lipinski definition) is 1. The Balaban J connectivity index is 2.21. The number of nitrogens with zero attached hydrogens (tertiary/aromatic N) is 3. The molecule has 0 bridgehead atoms. The van der Waals surface area contributed by atoms with Crippen LogP contribution in [0.25, 0.3) is 0 Å². The SMILES string of the molecule is Cc1nc(C(=O)NC(C)C)cc(N2CCCC(C)C2)n1. The van der Waals surface area contributed by atoms with E-state index in [1.54, 1.807) is 0 Å². The molecule has 5 heteroatoms. The van der Waals surface area contributed by atoms with Gasteiger partial charge in [-0.15, -0.1) is 0 Å². The van der Waals surface area contributed by atoms with Crippen molar-refractivity contribution in [2.24, 2.45) is 5.92 Å². The topological polar surface area (TPSA) is 58.1 Å². The molecule has 0 saturated carbocycles. The van der Waals surface area contributed by atoms with Gasteiger partial charge in [-0.25, -0.2) is 9.97 Å². The summed E-state index contributed by atoms with van der Waals surface area (Å²) in [5.41, 5.74) is 0.458. The summed E-state index contributed by atoms with van der Waals surface area (Å²) in [6, 6.07) is 1.92. The molecule has 0 radical (unpaired) electrons. The number of anilines is 1. The molecule has 1 aromatic rings. The molecule has 1 atom stereocenters. The van der Waals surface area contributed by atoms with E-state index in [9.17, 15) is 4.79 Å². The lowest BCUT2D eigenvalue weighted by Gasteiger charge is -2.32. The van der Waals surface area contributed by atoms with Crippen molar-refractivity contribution in [3.63, 3.8) is 0 Å². The van der Waals surface area contributed by atoms with Crippen LogP contribution < -0.4 is 10.2 Å². The Hall–Kier alpha value is -1.65. The summed E-state index contributed by atoms with van der Waals surface area (Å²) in [7, 11) is 0. The summed E-state index contributed by atoms with van der Waals surface area (Å²) in [6.07, 6.45) is 2.44. The highest BCUT2D eigenvalue weighted by Crippen LogP contribution is 2.21. The van der Waals surface area contributed by atoms with E-state index >= 15 is 0 Å². The van der Waals surface area contributed by atoms with Gasteiger partial charge in [0.2, 0.25) is 0 Å². The van der Waals surface area contributed by atoms with E-state index in [-0.39, 0.29) is 11.9 Å². The van der Waals surface area contributed by atoms with Crippen LogP contribution in [0.5, 0.6) is 0 Å². The maximum atomic E-state index is 12.1. The highest BCUT2D eigenvalue weighted by atomic mass is 16.1. The number of aryl methyl sites for hydroxylation is 1. The third-order valence-corrected chi connectivity index (χ3v) is 3.46. The average molecular weight is 276 g/mol. The largest absolute Gasteiger partial charge is 0.356 e. The van der Waals surface area contributed by atoms with E-state index in [2.05, 4.69) is 27.1 Å². The first-order valence-corrected chi connectivity index (χ1v) is 7.37. The Morgan fingerprint density at radius 2 is 2.20 bits per heavy atom. The lowest BCUT2D eigenvalue weighted by atomic mass is 10.0. The van der Waals surface area contributed by atoms with E-state index in [1.165, 1.54) is 12.8 Å². The zero-order valence-corrected chi connectivity index (χ0v) is 12.8. The number of rotatable bonds is 3. The fourth-order valence-corrected chi connectivity index (χ4v) is 2.56. The van der Waals surface area contributed by atoms with Crippen LogP contribution in [0.1, 0.15) is 49.9 Å². The normalized spacial score (nSPS) is 19.2. The van der Waals surface area contributed by atoms with E-state index in [0.717, 1.165) is 18.9 Å². The minimum atomic E-state index is -0.128. The molecule has 20 heavy (non-hydrogen) atoms. The van der Waals surface area contributed by atoms with Gasteiger partial charge in [-0.3, -0.25) is 4.79 Å². The van der Waals surface area contributed by atoms with Crippen molar-refractivity contribution in [2.75, 3.05) is 18.0 Å². The molecule has 1 saturated heterocycles. The number of amides is 1. The number of hydrogen-bond acceptors (Lipinski definition) is 4. The van der Waals surface area contributed by atoms with Gasteiger partial charge in [0.05, 0.1) is 0 Å². The third kappa shape index (κ3) is 3.68. The number of piperidine rings is 1. The van der Waals surface area contributed by atoms with Gasteiger partial charge in [-0.1, -0.05) is 6.92 Å². The minimum absolute atomic E-state index is 0.108. The van der Waals surface area contributed by atoms with Gasteiger partial charge in [0.1, 0.15) is 17.3 Å². The maximum Gasteiger partial charge on any atom is 0.270 e. The van der Waals surface area contributed by atoms with Gasteiger partial charge in [-0.05, 0) is 39.5 Å². The first-order valence-electron chi connectivity index (χ1n) is 7.37. The second kappa shape index (κ2) is 6.20. The fraction of sp³-hybridized carbons (Fsp3) is 0.667. The zero-order valence-electron chi connectivity index (χ0n) is 12.8. The van der Waals surface area contributed by atoms with Crippen LogP contribution in [-0.2, 0) is 0 Å². The molecular formula is C15H24N4O. The number of carbonyl (C=O) groups is 1. The van der Waals surface area contributed by atoms with Crippen LogP contribution in [0, 0.1) is 12.8 Å². The van der Waals surface area contributed by atoms with Crippen molar-refractivity contribution in [1.82, 2.24) is 15.3 Å². The number of carbonyl (C=O) groups excluding carboxylic acids is 1. The molecule has 110 valence electrons. The molecule has 2 heterocycles. The predicted molar refractivity (Wildman–Crippen MR) is 80.0 cm³/mol. The molecule has 1 amide bonds. The van der Waals surface area contributed by atoms with Crippen molar-refractivity contribution in [3.05, 3.63) is 17.6 Å². The second-order valence-corrected chi connectivity index (χ2v) is 5.98. The summed E-state index contributed by atoms with van der Waals surface area (Å²) < 4.78 is 0. The van der Waals surface area contributed by atoms with Gasteiger partial charge >= 0.3 is 0 Å². The summed E-state index contributed by atoms with van der Waals surface area (Å²) >= 11 is 0. The van der Waals surface area contributed by atoms with Crippen LogP contribution in [0.3, 0.4) is 0 Å². The first kappa shape index (κ1) is 14.8. The van der Waals surface area contributed by atoms with Gasteiger partial charge in [0, 0.05) is 25.2 Å². The Kier molecular flexibility index (Phi) is 4.57. The van der Waals surface area contributed by atoms with Crippen LogP contribution in [0.2, 0.25) is 0 Å². The molecule has 1 fully saturated rings. The second-order valence-electron chi connectivity index (χ2n) is 5.98. The predicted octanol–water partition coefficient (Wildman–Crippen LogP) is 2.16. The molecule has 5 nitrogen and oxygen atoms in total. The average Bonchev–Trinajstić information content (AvgIpc) is 2.37. The standard InChI is InChI=1S/C15H24N4O/c1-10(2)16-15(20)13-8-14(18-12(4)17-13)19-7-5-6-11(3)9-19/h8,10-11H,5-7,9H2,1-4H3,(H,16,20). The van der Waals surface area contributed by atoms with Gasteiger partial charge in [0.15, 0.2) is 0 Å². The molecule has 0 spiro atoms. The number of aromatic nitrogens is 2.